The smallest absolute Gasteiger partial charge is 0.335 e. The standard InChI is InChI=1S/C14H18FNO3/c1-9-7-16(5-4-13(9)17)8-11-6-10(14(18)19)2-3-12(11)15/h2-3,6,9,13,17H,4-5,7-8H2,1H3,(H,18,19). The van der Waals surface area contributed by atoms with Gasteiger partial charge in [0.1, 0.15) is 5.82 Å². The molecule has 19 heavy (non-hydrogen) atoms. The van der Waals surface area contributed by atoms with Gasteiger partial charge in [-0.1, -0.05) is 6.92 Å². The molecular weight excluding hydrogens is 249 g/mol. The normalized spacial score (nSPS) is 24.4. The summed E-state index contributed by atoms with van der Waals surface area (Å²) in [6.07, 6.45) is 0.368. The minimum Gasteiger partial charge on any atom is -0.478 e. The first-order valence-electron chi connectivity index (χ1n) is 6.39. The Morgan fingerprint density at radius 3 is 2.89 bits per heavy atom. The summed E-state index contributed by atoms with van der Waals surface area (Å²) in [5.74, 6) is -1.29. The topological polar surface area (TPSA) is 60.8 Å². The van der Waals surface area contributed by atoms with E-state index in [1.54, 1.807) is 0 Å². The predicted molar refractivity (Wildman–Crippen MR) is 68.4 cm³/mol. The minimum atomic E-state index is -1.05. The van der Waals surface area contributed by atoms with Crippen LogP contribution in [0.5, 0.6) is 0 Å². The van der Waals surface area contributed by atoms with E-state index >= 15 is 0 Å². The lowest BCUT2D eigenvalue weighted by molar-refractivity contribution is 0.0316. The highest BCUT2D eigenvalue weighted by molar-refractivity contribution is 5.87. The van der Waals surface area contributed by atoms with Gasteiger partial charge >= 0.3 is 5.97 Å². The van der Waals surface area contributed by atoms with Crippen molar-refractivity contribution >= 4 is 5.97 Å². The molecule has 0 aromatic heterocycles. The van der Waals surface area contributed by atoms with Gasteiger partial charge in [-0.3, -0.25) is 4.90 Å². The molecule has 2 unspecified atom stereocenters. The highest BCUT2D eigenvalue weighted by atomic mass is 19.1. The molecule has 1 fully saturated rings. The third-order valence-electron chi connectivity index (χ3n) is 3.63. The number of carboxylic acids is 1. The molecule has 2 atom stereocenters. The van der Waals surface area contributed by atoms with Crippen molar-refractivity contribution in [3.8, 4) is 0 Å². The van der Waals surface area contributed by atoms with Gasteiger partial charge in [0, 0.05) is 25.2 Å². The van der Waals surface area contributed by atoms with Gasteiger partial charge in [-0.15, -0.1) is 0 Å². The van der Waals surface area contributed by atoms with Crippen LogP contribution in [0.1, 0.15) is 29.3 Å². The SMILES string of the molecule is CC1CN(Cc2cc(C(=O)O)ccc2F)CCC1O. The summed E-state index contributed by atoms with van der Waals surface area (Å²) < 4.78 is 13.7. The molecule has 1 heterocycles. The molecule has 0 amide bonds. The molecular formula is C14H18FNO3. The van der Waals surface area contributed by atoms with Crippen LogP contribution in [-0.2, 0) is 6.54 Å². The molecule has 0 aliphatic carbocycles. The van der Waals surface area contributed by atoms with Crippen LogP contribution in [-0.4, -0.2) is 40.3 Å². The Bertz CT molecular complexity index is 478. The molecule has 1 aromatic carbocycles. The Labute approximate surface area is 111 Å². The van der Waals surface area contributed by atoms with E-state index in [0.717, 1.165) is 0 Å². The van der Waals surface area contributed by atoms with Crippen molar-refractivity contribution in [3.63, 3.8) is 0 Å². The van der Waals surface area contributed by atoms with Gasteiger partial charge in [0.05, 0.1) is 11.7 Å². The van der Waals surface area contributed by atoms with E-state index in [2.05, 4.69) is 0 Å². The third kappa shape index (κ3) is 3.30. The van der Waals surface area contributed by atoms with E-state index in [9.17, 15) is 14.3 Å². The average Bonchev–Trinajstić information content (AvgIpc) is 2.36. The van der Waals surface area contributed by atoms with Gasteiger partial charge in [0.25, 0.3) is 0 Å². The summed E-state index contributed by atoms with van der Waals surface area (Å²) in [5, 5.41) is 18.6. The Morgan fingerprint density at radius 1 is 1.53 bits per heavy atom. The number of piperidine rings is 1. The number of rotatable bonds is 3. The number of likely N-dealkylation sites (tertiary alicyclic amines) is 1. The second kappa shape index (κ2) is 5.67. The van der Waals surface area contributed by atoms with E-state index in [1.807, 2.05) is 11.8 Å². The number of aliphatic hydroxyl groups excluding tert-OH is 1. The summed E-state index contributed by atoms with van der Waals surface area (Å²) in [6.45, 7) is 3.73. The van der Waals surface area contributed by atoms with Gasteiger partial charge in [0.15, 0.2) is 0 Å². The van der Waals surface area contributed by atoms with Crippen molar-refractivity contribution in [1.29, 1.82) is 0 Å². The van der Waals surface area contributed by atoms with Crippen molar-refractivity contribution in [2.75, 3.05) is 13.1 Å². The quantitative estimate of drug-likeness (QED) is 0.875. The van der Waals surface area contributed by atoms with Crippen LogP contribution in [0.2, 0.25) is 0 Å². The number of carbonyl (C=O) groups is 1. The maximum Gasteiger partial charge on any atom is 0.335 e. The summed E-state index contributed by atoms with van der Waals surface area (Å²) in [6, 6.07) is 3.85. The van der Waals surface area contributed by atoms with Gasteiger partial charge in [-0.05, 0) is 30.5 Å². The molecule has 4 nitrogen and oxygen atoms in total. The molecule has 2 rings (SSSR count). The van der Waals surface area contributed by atoms with E-state index in [-0.39, 0.29) is 23.4 Å². The fraction of sp³-hybridized carbons (Fsp3) is 0.500. The molecule has 0 radical (unpaired) electrons. The van der Waals surface area contributed by atoms with Crippen LogP contribution in [0.4, 0.5) is 4.39 Å². The van der Waals surface area contributed by atoms with E-state index in [0.29, 0.717) is 31.6 Å². The second-order valence-corrected chi connectivity index (χ2v) is 5.18. The van der Waals surface area contributed by atoms with Crippen molar-refractivity contribution in [2.24, 2.45) is 5.92 Å². The van der Waals surface area contributed by atoms with Crippen LogP contribution >= 0.6 is 0 Å². The molecule has 1 saturated heterocycles. The minimum absolute atomic E-state index is 0.0986. The van der Waals surface area contributed by atoms with Gasteiger partial charge in [-0.25, -0.2) is 9.18 Å². The zero-order valence-corrected chi connectivity index (χ0v) is 10.8. The van der Waals surface area contributed by atoms with Crippen LogP contribution in [0.15, 0.2) is 18.2 Å². The first kappa shape index (κ1) is 14.0. The molecule has 104 valence electrons. The largest absolute Gasteiger partial charge is 0.478 e. The van der Waals surface area contributed by atoms with E-state index < -0.39 is 5.97 Å². The van der Waals surface area contributed by atoms with Crippen molar-refractivity contribution in [1.82, 2.24) is 4.90 Å². The second-order valence-electron chi connectivity index (χ2n) is 5.18. The maximum atomic E-state index is 13.7. The Balaban J connectivity index is 2.10. The summed E-state index contributed by atoms with van der Waals surface area (Å²) in [4.78, 5) is 12.9. The lowest BCUT2D eigenvalue weighted by atomic mass is 9.96. The first-order chi connectivity index (χ1) is 8.97. The van der Waals surface area contributed by atoms with Crippen LogP contribution < -0.4 is 0 Å². The fourth-order valence-corrected chi connectivity index (χ4v) is 2.43. The number of hydrogen-bond donors (Lipinski definition) is 2. The molecule has 1 aliphatic rings. The van der Waals surface area contributed by atoms with Crippen molar-refractivity contribution in [3.05, 3.63) is 35.1 Å². The van der Waals surface area contributed by atoms with Gasteiger partial charge in [-0.2, -0.15) is 0 Å². The van der Waals surface area contributed by atoms with Crippen LogP contribution in [0.3, 0.4) is 0 Å². The number of aromatic carboxylic acids is 1. The van der Waals surface area contributed by atoms with Crippen molar-refractivity contribution in [2.45, 2.75) is 26.0 Å². The number of halogens is 1. The molecule has 2 N–H and O–H groups in total. The zero-order chi connectivity index (χ0) is 14.0. The average molecular weight is 267 g/mol. The van der Waals surface area contributed by atoms with Gasteiger partial charge < -0.3 is 10.2 Å². The maximum absolute atomic E-state index is 13.7. The summed E-state index contributed by atoms with van der Waals surface area (Å²) in [7, 11) is 0. The Morgan fingerprint density at radius 2 is 2.26 bits per heavy atom. The molecule has 0 spiro atoms. The summed E-state index contributed by atoms with van der Waals surface area (Å²) in [5.41, 5.74) is 0.491. The van der Waals surface area contributed by atoms with E-state index in [4.69, 9.17) is 5.11 Å². The van der Waals surface area contributed by atoms with Crippen LogP contribution in [0, 0.1) is 11.7 Å². The number of nitrogens with zero attached hydrogens (tertiary/aromatic N) is 1. The van der Waals surface area contributed by atoms with Crippen LogP contribution in [0.25, 0.3) is 0 Å². The van der Waals surface area contributed by atoms with Gasteiger partial charge in [0.2, 0.25) is 0 Å². The lowest BCUT2D eigenvalue weighted by Gasteiger charge is -2.34. The zero-order valence-electron chi connectivity index (χ0n) is 10.8. The highest BCUT2D eigenvalue weighted by Crippen LogP contribution is 2.20. The molecule has 5 heteroatoms. The number of benzene rings is 1. The first-order valence-corrected chi connectivity index (χ1v) is 6.39. The fourth-order valence-electron chi connectivity index (χ4n) is 2.43. The number of aliphatic hydroxyl groups is 1. The third-order valence-corrected chi connectivity index (χ3v) is 3.63. The monoisotopic (exact) mass is 267 g/mol. The molecule has 0 bridgehead atoms. The highest BCUT2D eigenvalue weighted by Gasteiger charge is 2.24. The molecule has 1 aliphatic heterocycles. The van der Waals surface area contributed by atoms with Crippen molar-refractivity contribution < 1.29 is 19.4 Å². The lowest BCUT2D eigenvalue weighted by Crippen LogP contribution is -2.41. The molecule has 0 saturated carbocycles. The molecule has 1 aromatic rings. The Kier molecular flexibility index (Phi) is 4.17. The Hall–Kier alpha value is -1.46. The van der Waals surface area contributed by atoms with E-state index in [1.165, 1.54) is 18.2 Å². The summed E-state index contributed by atoms with van der Waals surface area (Å²) >= 11 is 0. The number of carboxylic acid groups (broad SMARTS) is 1. The number of hydrogen-bond acceptors (Lipinski definition) is 3. The predicted octanol–water partition coefficient (Wildman–Crippen LogP) is 1.73.